The third kappa shape index (κ3) is 7.62. The number of hydrogen-bond donors (Lipinski definition) is 4. The Balaban J connectivity index is 0.000000517. The number of nitriles is 1. The van der Waals surface area contributed by atoms with Crippen molar-refractivity contribution in [3.8, 4) is 6.07 Å². The van der Waals surface area contributed by atoms with Crippen LogP contribution < -0.4 is 16.4 Å². The van der Waals surface area contributed by atoms with E-state index in [0.717, 1.165) is 48.2 Å². The number of carboxylic acid groups (broad SMARTS) is 1. The highest BCUT2D eigenvalue weighted by molar-refractivity contribution is 7.15. The molecule has 1 saturated heterocycles. The smallest absolute Gasteiger partial charge is 0.475 e. The minimum absolute atomic E-state index is 0.129. The van der Waals surface area contributed by atoms with E-state index in [9.17, 15) is 22.8 Å². The minimum atomic E-state index is -5.08. The molecule has 0 radical (unpaired) electrons. The van der Waals surface area contributed by atoms with Crippen molar-refractivity contribution >= 4 is 40.1 Å². The molecule has 0 bridgehead atoms. The molecule has 14 heteroatoms. The Morgan fingerprint density at radius 3 is 2.57 bits per heavy atom. The van der Waals surface area contributed by atoms with Gasteiger partial charge in [-0.3, -0.25) is 10.1 Å². The number of amides is 3. The number of carbonyl (C=O) groups excluding carboxylic acids is 2. The van der Waals surface area contributed by atoms with Gasteiger partial charge in [0.2, 0.25) is 0 Å². The second kappa shape index (κ2) is 13.0. The molecule has 220 valence electrons. The number of aromatic nitrogens is 1. The van der Waals surface area contributed by atoms with Crippen LogP contribution in [0.2, 0.25) is 0 Å². The van der Waals surface area contributed by atoms with Crippen LogP contribution in [0.3, 0.4) is 0 Å². The molecule has 1 fully saturated rings. The summed E-state index contributed by atoms with van der Waals surface area (Å²) in [5.41, 5.74) is 9.62. The molecular weight excluding hydrogens is 573 g/mol. The second-order valence-corrected chi connectivity index (χ2v) is 10.8. The SMILES string of the molecule is N#Cc1cccc(NC(=O)N2CCC[C@@H]2c2cccc(C(=O)Nc3nc4c(s3)C[C@@H](N)CC4)c2)c1.O=C(O)C(F)(F)F. The molecule has 1 aromatic heterocycles. The molecule has 3 amide bonds. The first-order chi connectivity index (χ1) is 19.9. The van der Waals surface area contributed by atoms with Crippen molar-refractivity contribution in [3.05, 3.63) is 75.8 Å². The first kappa shape index (κ1) is 30.5. The molecule has 5 rings (SSSR count). The fourth-order valence-electron chi connectivity index (χ4n) is 4.73. The number of hydrogen-bond acceptors (Lipinski definition) is 7. The van der Waals surface area contributed by atoms with E-state index in [4.69, 9.17) is 20.9 Å². The Morgan fingerprint density at radius 2 is 1.86 bits per heavy atom. The Kier molecular flexibility index (Phi) is 9.44. The Hall–Kier alpha value is -4.48. The zero-order valence-corrected chi connectivity index (χ0v) is 23.0. The molecule has 2 aromatic carbocycles. The predicted octanol–water partition coefficient (Wildman–Crippen LogP) is 5.09. The van der Waals surface area contributed by atoms with Gasteiger partial charge < -0.3 is 21.1 Å². The molecule has 42 heavy (non-hydrogen) atoms. The predicted molar refractivity (Wildman–Crippen MR) is 149 cm³/mol. The number of thiazole rings is 1. The minimum Gasteiger partial charge on any atom is -0.475 e. The third-order valence-electron chi connectivity index (χ3n) is 6.73. The van der Waals surface area contributed by atoms with Gasteiger partial charge in [0.15, 0.2) is 5.13 Å². The van der Waals surface area contributed by atoms with Crippen LogP contribution in [0.1, 0.15) is 57.4 Å². The van der Waals surface area contributed by atoms with E-state index in [1.807, 2.05) is 18.2 Å². The summed E-state index contributed by atoms with van der Waals surface area (Å²) in [7, 11) is 0. The lowest BCUT2D eigenvalue weighted by Crippen LogP contribution is -2.34. The summed E-state index contributed by atoms with van der Waals surface area (Å²) >= 11 is 1.50. The number of urea groups is 1. The highest BCUT2D eigenvalue weighted by Crippen LogP contribution is 2.34. The molecule has 0 unspecified atom stereocenters. The number of anilines is 2. The molecule has 3 aromatic rings. The van der Waals surface area contributed by atoms with Crippen LogP contribution >= 0.6 is 11.3 Å². The number of nitrogens with one attached hydrogen (secondary N) is 2. The number of likely N-dealkylation sites (tertiary alicyclic amines) is 1. The van der Waals surface area contributed by atoms with Crippen molar-refractivity contribution < 1.29 is 32.7 Å². The standard InChI is InChI=1S/C26H26N6O2S.C2HF3O2/c27-15-16-4-1-7-20(12-16)29-26(34)32-11-3-8-22(32)17-5-2-6-18(13-17)24(33)31-25-30-21-10-9-19(28)14-23(21)35-25;3-2(4,5)1(6)7/h1-2,4-7,12-13,19,22H,3,8-11,14,28H2,(H,29,34)(H,30,31,33);(H,6,7)/t19-,22+;/m0./s1. The van der Waals surface area contributed by atoms with Crippen molar-refractivity contribution in [1.82, 2.24) is 9.88 Å². The molecule has 1 aliphatic heterocycles. The fraction of sp³-hybridized carbons (Fsp3) is 0.321. The van der Waals surface area contributed by atoms with Gasteiger partial charge in [-0.2, -0.15) is 18.4 Å². The summed E-state index contributed by atoms with van der Waals surface area (Å²) in [4.78, 5) is 42.4. The Bertz CT molecular complexity index is 1520. The highest BCUT2D eigenvalue weighted by atomic mass is 32.1. The van der Waals surface area contributed by atoms with Crippen LogP contribution in [0.5, 0.6) is 0 Å². The summed E-state index contributed by atoms with van der Waals surface area (Å²) in [6.45, 7) is 0.623. The molecule has 2 aliphatic rings. The highest BCUT2D eigenvalue weighted by Gasteiger charge is 2.38. The summed E-state index contributed by atoms with van der Waals surface area (Å²) in [5.74, 6) is -2.97. The van der Waals surface area contributed by atoms with E-state index in [0.29, 0.717) is 28.5 Å². The quantitative estimate of drug-likeness (QED) is 0.324. The topological polar surface area (TPSA) is 161 Å². The van der Waals surface area contributed by atoms with Gasteiger partial charge in [-0.05, 0) is 68.0 Å². The van der Waals surface area contributed by atoms with Gasteiger partial charge in [0, 0.05) is 28.7 Å². The number of aryl methyl sites for hydroxylation is 1. The number of halogens is 3. The van der Waals surface area contributed by atoms with E-state index in [2.05, 4.69) is 21.7 Å². The number of carbonyl (C=O) groups is 3. The molecule has 2 heterocycles. The molecule has 10 nitrogen and oxygen atoms in total. The van der Waals surface area contributed by atoms with Gasteiger partial charge in [0.05, 0.1) is 23.4 Å². The Morgan fingerprint density at radius 1 is 1.12 bits per heavy atom. The first-order valence-electron chi connectivity index (χ1n) is 13.0. The van der Waals surface area contributed by atoms with Gasteiger partial charge in [-0.1, -0.05) is 18.2 Å². The van der Waals surface area contributed by atoms with Crippen molar-refractivity contribution in [3.63, 3.8) is 0 Å². The van der Waals surface area contributed by atoms with Crippen LogP contribution in [0, 0.1) is 11.3 Å². The second-order valence-electron chi connectivity index (χ2n) is 9.75. The van der Waals surface area contributed by atoms with Crippen LogP contribution in [-0.2, 0) is 17.6 Å². The van der Waals surface area contributed by atoms with Gasteiger partial charge in [-0.15, -0.1) is 11.3 Å². The monoisotopic (exact) mass is 600 g/mol. The summed E-state index contributed by atoms with van der Waals surface area (Å²) in [5, 5.41) is 22.7. The molecule has 2 atom stereocenters. The van der Waals surface area contributed by atoms with Gasteiger partial charge >= 0.3 is 18.2 Å². The van der Waals surface area contributed by atoms with Crippen molar-refractivity contribution in [2.75, 3.05) is 17.2 Å². The summed E-state index contributed by atoms with van der Waals surface area (Å²) < 4.78 is 31.7. The van der Waals surface area contributed by atoms with E-state index >= 15 is 0 Å². The zero-order chi connectivity index (χ0) is 30.4. The van der Waals surface area contributed by atoms with Crippen molar-refractivity contribution in [2.45, 2.75) is 50.4 Å². The number of fused-ring (bicyclic) bond motifs is 1. The molecule has 0 saturated carbocycles. The average Bonchev–Trinajstić information content (AvgIpc) is 3.60. The average molecular weight is 601 g/mol. The van der Waals surface area contributed by atoms with E-state index in [1.165, 1.54) is 11.3 Å². The van der Waals surface area contributed by atoms with Crippen LogP contribution in [0.25, 0.3) is 0 Å². The molecular formula is C28H27F3N6O4S. The van der Waals surface area contributed by atoms with Crippen molar-refractivity contribution in [1.29, 1.82) is 5.26 Å². The van der Waals surface area contributed by atoms with E-state index in [1.54, 1.807) is 35.2 Å². The number of rotatable bonds is 4. The van der Waals surface area contributed by atoms with Crippen molar-refractivity contribution in [2.24, 2.45) is 5.73 Å². The number of alkyl halides is 3. The third-order valence-corrected chi connectivity index (χ3v) is 7.77. The lowest BCUT2D eigenvalue weighted by molar-refractivity contribution is -0.192. The number of nitrogens with two attached hydrogens (primary N) is 1. The number of benzene rings is 2. The summed E-state index contributed by atoms with van der Waals surface area (Å²) in [6.07, 6.45) is -0.825. The lowest BCUT2D eigenvalue weighted by atomic mass is 9.99. The van der Waals surface area contributed by atoms with Gasteiger partial charge in [0.25, 0.3) is 5.91 Å². The van der Waals surface area contributed by atoms with E-state index in [-0.39, 0.29) is 24.0 Å². The van der Waals surface area contributed by atoms with Gasteiger partial charge in [-0.25, -0.2) is 14.6 Å². The van der Waals surface area contributed by atoms with Crippen LogP contribution in [-0.4, -0.2) is 51.7 Å². The zero-order valence-electron chi connectivity index (χ0n) is 22.1. The number of nitrogens with zero attached hydrogens (tertiary/aromatic N) is 3. The molecule has 0 spiro atoms. The summed E-state index contributed by atoms with van der Waals surface area (Å²) in [6, 6.07) is 16.2. The van der Waals surface area contributed by atoms with Gasteiger partial charge in [0.1, 0.15) is 0 Å². The normalized spacial score (nSPS) is 17.7. The maximum absolute atomic E-state index is 13.0. The largest absolute Gasteiger partial charge is 0.490 e. The maximum Gasteiger partial charge on any atom is 0.490 e. The molecule has 1 aliphatic carbocycles. The van der Waals surface area contributed by atoms with Crippen LogP contribution in [0.4, 0.5) is 28.8 Å². The first-order valence-corrected chi connectivity index (χ1v) is 13.8. The fourth-order valence-corrected chi connectivity index (χ4v) is 5.82. The van der Waals surface area contributed by atoms with Crippen LogP contribution in [0.15, 0.2) is 48.5 Å². The maximum atomic E-state index is 13.0. The lowest BCUT2D eigenvalue weighted by Gasteiger charge is -2.25. The number of carboxylic acids is 1. The van der Waals surface area contributed by atoms with E-state index < -0.39 is 12.1 Å². The molecule has 5 N–H and O–H groups in total. The number of aliphatic carboxylic acids is 1. The Labute approximate surface area is 243 Å².